The smallest absolute Gasteiger partial charge is 0.341 e. The van der Waals surface area contributed by atoms with Gasteiger partial charge in [0.1, 0.15) is 10.6 Å². The largest absolute Gasteiger partial charge is 0.465 e. The number of carbonyl (C=O) groups excluding carboxylic acids is 2. The Kier molecular flexibility index (Phi) is 5.96. The Morgan fingerprint density at radius 3 is 2.29 bits per heavy atom. The first kappa shape index (κ1) is 21.3. The second-order valence-electron chi connectivity index (χ2n) is 8.26. The summed E-state index contributed by atoms with van der Waals surface area (Å²) in [5.41, 5.74) is 8.54. The van der Waals surface area contributed by atoms with Crippen molar-refractivity contribution in [1.29, 1.82) is 0 Å². The van der Waals surface area contributed by atoms with E-state index in [-0.39, 0.29) is 5.91 Å². The van der Waals surface area contributed by atoms with Crippen molar-refractivity contribution in [2.45, 2.75) is 46.5 Å². The molecule has 0 aliphatic heterocycles. The van der Waals surface area contributed by atoms with Gasteiger partial charge in [0.2, 0.25) is 0 Å². The monoisotopic (exact) mass is 433 g/mol. The van der Waals surface area contributed by atoms with Gasteiger partial charge in [-0.1, -0.05) is 35.9 Å². The van der Waals surface area contributed by atoms with Gasteiger partial charge >= 0.3 is 5.97 Å². The van der Waals surface area contributed by atoms with Crippen LogP contribution in [0, 0.1) is 20.8 Å². The van der Waals surface area contributed by atoms with Gasteiger partial charge in [-0.3, -0.25) is 4.79 Å². The minimum atomic E-state index is -0.443. The number of ether oxygens (including phenoxy) is 1. The molecule has 2 aromatic carbocycles. The molecule has 3 aromatic rings. The highest BCUT2D eigenvalue weighted by Crippen LogP contribution is 2.38. The molecular weight excluding hydrogens is 406 g/mol. The third-order valence-electron chi connectivity index (χ3n) is 5.97. The zero-order valence-electron chi connectivity index (χ0n) is 18.4. The molecule has 5 heteroatoms. The molecule has 0 saturated heterocycles. The number of nitrogens with one attached hydrogen (secondary N) is 1. The van der Waals surface area contributed by atoms with Gasteiger partial charge in [-0.15, -0.1) is 11.3 Å². The SMILES string of the molecule is COC(=O)c1c(-c2ccc3c(c2)CCCC3)csc1NC(=O)c1c(C)cc(C)cc1C. The Bertz CT molecular complexity index is 1150. The van der Waals surface area contributed by atoms with Crippen molar-refractivity contribution in [3.05, 3.63) is 74.7 Å². The fourth-order valence-corrected chi connectivity index (χ4v) is 5.52. The molecule has 1 aliphatic rings. The Labute approximate surface area is 187 Å². The number of fused-ring (bicyclic) bond motifs is 1. The number of rotatable bonds is 4. The third kappa shape index (κ3) is 4.15. The van der Waals surface area contributed by atoms with Crippen LogP contribution in [-0.4, -0.2) is 19.0 Å². The maximum absolute atomic E-state index is 13.1. The molecule has 4 rings (SSSR count). The molecule has 0 spiro atoms. The second-order valence-corrected chi connectivity index (χ2v) is 9.14. The van der Waals surface area contributed by atoms with E-state index in [4.69, 9.17) is 4.74 Å². The van der Waals surface area contributed by atoms with Gasteiger partial charge in [0.25, 0.3) is 5.91 Å². The molecule has 160 valence electrons. The van der Waals surface area contributed by atoms with Crippen molar-refractivity contribution in [1.82, 2.24) is 0 Å². The normalized spacial score (nSPS) is 12.9. The predicted octanol–water partition coefficient (Wildman–Crippen LogP) is 6.26. The summed E-state index contributed by atoms with van der Waals surface area (Å²) in [4.78, 5) is 25.8. The molecule has 1 aromatic heterocycles. The lowest BCUT2D eigenvalue weighted by molar-refractivity contribution is 0.0603. The number of hydrogen-bond acceptors (Lipinski definition) is 4. The van der Waals surface area contributed by atoms with E-state index in [1.54, 1.807) is 0 Å². The number of benzene rings is 2. The number of anilines is 1. The summed E-state index contributed by atoms with van der Waals surface area (Å²) < 4.78 is 5.08. The summed E-state index contributed by atoms with van der Waals surface area (Å²) in [6.45, 7) is 5.88. The van der Waals surface area contributed by atoms with Crippen LogP contribution in [0.25, 0.3) is 11.1 Å². The van der Waals surface area contributed by atoms with E-state index < -0.39 is 5.97 Å². The summed E-state index contributed by atoms with van der Waals surface area (Å²) in [6, 6.07) is 10.4. The second kappa shape index (κ2) is 8.67. The van der Waals surface area contributed by atoms with Crippen molar-refractivity contribution in [2.24, 2.45) is 0 Å². The first-order valence-electron chi connectivity index (χ1n) is 10.6. The lowest BCUT2D eigenvalue weighted by Gasteiger charge is -2.17. The van der Waals surface area contributed by atoms with Crippen LogP contribution in [-0.2, 0) is 17.6 Å². The molecule has 4 nitrogen and oxygen atoms in total. The number of thiophene rings is 1. The number of amides is 1. The van der Waals surface area contributed by atoms with Gasteiger partial charge in [0.05, 0.1) is 7.11 Å². The van der Waals surface area contributed by atoms with Crippen molar-refractivity contribution in [2.75, 3.05) is 12.4 Å². The van der Waals surface area contributed by atoms with Gasteiger partial charge in [0, 0.05) is 16.5 Å². The van der Waals surface area contributed by atoms with Gasteiger partial charge in [-0.2, -0.15) is 0 Å². The zero-order valence-corrected chi connectivity index (χ0v) is 19.2. The maximum atomic E-state index is 13.1. The van der Waals surface area contributed by atoms with Gasteiger partial charge in [-0.25, -0.2) is 4.79 Å². The molecule has 0 unspecified atom stereocenters. The van der Waals surface area contributed by atoms with Crippen LogP contribution in [0.15, 0.2) is 35.7 Å². The molecule has 31 heavy (non-hydrogen) atoms. The number of hydrogen-bond donors (Lipinski definition) is 1. The Hall–Kier alpha value is -2.92. The first-order chi connectivity index (χ1) is 14.9. The van der Waals surface area contributed by atoms with Crippen LogP contribution in [0.2, 0.25) is 0 Å². The van der Waals surface area contributed by atoms with Crippen LogP contribution in [0.4, 0.5) is 5.00 Å². The van der Waals surface area contributed by atoms with Crippen molar-refractivity contribution in [3.63, 3.8) is 0 Å². The fraction of sp³-hybridized carbons (Fsp3) is 0.308. The maximum Gasteiger partial charge on any atom is 0.341 e. The summed E-state index contributed by atoms with van der Waals surface area (Å²) in [5.74, 6) is -0.652. The van der Waals surface area contributed by atoms with Crippen LogP contribution >= 0.6 is 11.3 Å². The minimum absolute atomic E-state index is 0.209. The summed E-state index contributed by atoms with van der Waals surface area (Å²) in [6.07, 6.45) is 4.60. The average molecular weight is 434 g/mol. The van der Waals surface area contributed by atoms with Crippen LogP contribution < -0.4 is 5.32 Å². The first-order valence-corrected chi connectivity index (χ1v) is 11.5. The Morgan fingerprint density at radius 1 is 0.935 bits per heavy atom. The summed E-state index contributed by atoms with van der Waals surface area (Å²) >= 11 is 1.36. The molecular formula is C26H27NO3S. The Morgan fingerprint density at radius 2 is 1.61 bits per heavy atom. The van der Waals surface area contributed by atoms with E-state index in [0.717, 1.165) is 40.7 Å². The van der Waals surface area contributed by atoms with Crippen LogP contribution in [0.1, 0.15) is 61.4 Å². The molecule has 0 fully saturated rings. The van der Waals surface area contributed by atoms with Gasteiger partial charge < -0.3 is 10.1 Å². The quantitative estimate of drug-likeness (QED) is 0.494. The van der Waals surface area contributed by atoms with E-state index in [1.807, 2.05) is 38.3 Å². The van der Waals surface area contributed by atoms with E-state index >= 15 is 0 Å². The summed E-state index contributed by atoms with van der Waals surface area (Å²) in [7, 11) is 1.37. The van der Waals surface area contributed by atoms with E-state index in [2.05, 4.69) is 23.5 Å². The molecule has 1 aliphatic carbocycles. The molecule has 0 radical (unpaired) electrons. The van der Waals surface area contributed by atoms with Crippen molar-refractivity contribution < 1.29 is 14.3 Å². The molecule has 1 heterocycles. The highest BCUT2D eigenvalue weighted by molar-refractivity contribution is 7.15. The average Bonchev–Trinajstić information content (AvgIpc) is 3.15. The lowest BCUT2D eigenvalue weighted by atomic mass is 9.89. The predicted molar refractivity (Wildman–Crippen MR) is 126 cm³/mol. The van der Waals surface area contributed by atoms with Crippen molar-refractivity contribution >= 4 is 28.2 Å². The highest BCUT2D eigenvalue weighted by Gasteiger charge is 2.24. The van der Waals surface area contributed by atoms with E-state index in [1.165, 1.54) is 42.4 Å². The third-order valence-corrected chi connectivity index (χ3v) is 6.87. The zero-order chi connectivity index (χ0) is 22.1. The highest BCUT2D eigenvalue weighted by atomic mass is 32.1. The molecule has 1 amide bonds. The van der Waals surface area contributed by atoms with Crippen LogP contribution in [0.3, 0.4) is 0 Å². The van der Waals surface area contributed by atoms with Gasteiger partial charge in [0.15, 0.2) is 0 Å². The Balaban J connectivity index is 1.72. The van der Waals surface area contributed by atoms with Crippen molar-refractivity contribution in [3.8, 4) is 11.1 Å². The molecule has 0 bridgehead atoms. The van der Waals surface area contributed by atoms with E-state index in [9.17, 15) is 9.59 Å². The topological polar surface area (TPSA) is 55.4 Å². The van der Waals surface area contributed by atoms with Gasteiger partial charge in [-0.05, 0) is 74.3 Å². The molecule has 0 atom stereocenters. The van der Waals surface area contributed by atoms with Crippen LogP contribution in [0.5, 0.6) is 0 Å². The molecule has 0 saturated carbocycles. The number of methoxy groups -OCH3 is 1. The summed E-state index contributed by atoms with van der Waals surface area (Å²) in [5, 5.41) is 5.42. The standard InChI is InChI=1S/C26H27NO3S/c1-15-11-16(2)22(17(3)12-15)24(28)27-25-23(26(29)30-4)21(14-31-25)20-10-9-18-7-5-6-8-19(18)13-20/h9-14H,5-8H2,1-4H3,(H,27,28). The van der Waals surface area contributed by atoms with E-state index in [0.29, 0.717) is 16.1 Å². The lowest BCUT2D eigenvalue weighted by Crippen LogP contribution is -2.17. The fourth-order valence-electron chi connectivity index (χ4n) is 4.57. The number of aryl methyl sites for hydroxylation is 5. The number of esters is 1. The minimum Gasteiger partial charge on any atom is -0.465 e. The molecule has 1 N–H and O–H groups in total. The number of carbonyl (C=O) groups is 2.